The van der Waals surface area contributed by atoms with E-state index in [1.165, 1.54) is 32.1 Å². The van der Waals surface area contributed by atoms with Crippen LogP contribution >= 0.6 is 15.9 Å². The summed E-state index contributed by atoms with van der Waals surface area (Å²) < 4.78 is 6.68. The van der Waals surface area contributed by atoms with Gasteiger partial charge in [0.1, 0.15) is 5.75 Å². The molecule has 0 atom stereocenters. The van der Waals surface area contributed by atoms with E-state index in [4.69, 9.17) is 10.5 Å². The van der Waals surface area contributed by atoms with Crippen molar-refractivity contribution in [2.24, 2.45) is 11.7 Å². The standard InChI is InChI=1S/C14H18BrNO2/c15-11-6-7-12(14(16)17)13(8-11)18-9-10-4-2-1-3-5-10/h6-8,10H,1-5,9H2,(H2,16,17). The number of primary amides is 1. The van der Waals surface area contributed by atoms with E-state index in [9.17, 15) is 4.79 Å². The van der Waals surface area contributed by atoms with E-state index in [-0.39, 0.29) is 0 Å². The molecule has 0 aliphatic heterocycles. The summed E-state index contributed by atoms with van der Waals surface area (Å²) in [7, 11) is 0. The molecule has 2 rings (SSSR count). The van der Waals surface area contributed by atoms with Crippen LogP contribution in [0.5, 0.6) is 5.75 Å². The Balaban J connectivity index is 2.03. The van der Waals surface area contributed by atoms with E-state index in [0.29, 0.717) is 23.8 Å². The molecule has 0 bridgehead atoms. The molecule has 0 aromatic heterocycles. The number of carbonyl (C=O) groups excluding carboxylic acids is 1. The number of benzene rings is 1. The van der Waals surface area contributed by atoms with Gasteiger partial charge in [-0.05, 0) is 37.0 Å². The highest BCUT2D eigenvalue weighted by Gasteiger charge is 2.16. The normalized spacial score (nSPS) is 16.5. The number of halogens is 1. The zero-order valence-electron chi connectivity index (χ0n) is 10.3. The molecule has 1 aliphatic carbocycles. The first-order valence-corrected chi connectivity index (χ1v) is 7.18. The molecule has 0 radical (unpaired) electrons. The summed E-state index contributed by atoms with van der Waals surface area (Å²) >= 11 is 3.38. The second-order valence-corrected chi connectivity index (χ2v) is 5.74. The fourth-order valence-corrected chi connectivity index (χ4v) is 2.72. The number of nitrogens with two attached hydrogens (primary N) is 1. The van der Waals surface area contributed by atoms with Gasteiger partial charge in [0.25, 0.3) is 5.91 Å². The predicted molar refractivity (Wildman–Crippen MR) is 74.7 cm³/mol. The third-order valence-corrected chi connectivity index (χ3v) is 3.90. The number of amides is 1. The number of ether oxygens (including phenoxy) is 1. The first-order chi connectivity index (χ1) is 8.66. The quantitative estimate of drug-likeness (QED) is 0.925. The third-order valence-electron chi connectivity index (χ3n) is 3.41. The van der Waals surface area contributed by atoms with Crippen molar-refractivity contribution >= 4 is 21.8 Å². The SMILES string of the molecule is NC(=O)c1ccc(Br)cc1OCC1CCCCC1. The Bertz CT molecular complexity index is 428. The fourth-order valence-electron chi connectivity index (χ4n) is 2.38. The molecule has 4 heteroatoms. The van der Waals surface area contributed by atoms with Gasteiger partial charge in [-0.15, -0.1) is 0 Å². The highest BCUT2D eigenvalue weighted by Crippen LogP contribution is 2.27. The Morgan fingerprint density at radius 3 is 2.72 bits per heavy atom. The second kappa shape index (κ2) is 6.23. The maximum absolute atomic E-state index is 11.3. The minimum Gasteiger partial charge on any atom is -0.492 e. The van der Waals surface area contributed by atoms with Gasteiger partial charge in [0.2, 0.25) is 0 Å². The maximum atomic E-state index is 11.3. The molecule has 1 fully saturated rings. The lowest BCUT2D eigenvalue weighted by molar-refractivity contribution is 0.0994. The van der Waals surface area contributed by atoms with E-state index < -0.39 is 5.91 Å². The topological polar surface area (TPSA) is 52.3 Å². The van der Waals surface area contributed by atoms with Gasteiger partial charge in [-0.25, -0.2) is 0 Å². The van der Waals surface area contributed by atoms with Crippen molar-refractivity contribution in [1.82, 2.24) is 0 Å². The monoisotopic (exact) mass is 311 g/mol. The van der Waals surface area contributed by atoms with Crippen LogP contribution in [0.2, 0.25) is 0 Å². The summed E-state index contributed by atoms with van der Waals surface area (Å²) in [4.78, 5) is 11.3. The maximum Gasteiger partial charge on any atom is 0.252 e. The van der Waals surface area contributed by atoms with Crippen LogP contribution in [0.3, 0.4) is 0 Å². The lowest BCUT2D eigenvalue weighted by Gasteiger charge is -2.22. The van der Waals surface area contributed by atoms with Gasteiger partial charge in [-0.1, -0.05) is 35.2 Å². The van der Waals surface area contributed by atoms with Crippen LogP contribution in [0, 0.1) is 5.92 Å². The van der Waals surface area contributed by atoms with Gasteiger partial charge in [0.05, 0.1) is 12.2 Å². The molecule has 0 heterocycles. The largest absolute Gasteiger partial charge is 0.492 e. The summed E-state index contributed by atoms with van der Waals surface area (Å²) in [6.45, 7) is 0.677. The highest BCUT2D eigenvalue weighted by atomic mass is 79.9. The molecule has 0 unspecified atom stereocenters. The first kappa shape index (κ1) is 13.4. The van der Waals surface area contributed by atoms with Crippen molar-refractivity contribution in [3.8, 4) is 5.75 Å². The molecule has 0 saturated heterocycles. The molecule has 1 aromatic rings. The van der Waals surface area contributed by atoms with Crippen molar-refractivity contribution < 1.29 is 9.53 Å². The molecule has 1 aliphatic rings. The number of rotatable bonds is 4. The third kappa shape index (κ3) is 3.48. The van der Waals surface area contributed by atoms with Gasteiger partial charge >= 0.3 is 0 Å². The smallest absolute Gasteiger partial charge is 0.252 e. The minimum absolute atomic E-state index is 0.443. The molecular weight excluding hydrogens is 294 g/mol. The average molecular weight is 312 g/mol. The van der Waals surface area contributed by atoms with E-state index in [1.54, 1.807) is 12.1 Å². The van der Waals surface area contributed by atoms with Gasteiger partial charge in [0.15, 0.2) is 0 Å². The summed E-state index contributed by atoms with van der Waals surface area (Å²) in [6, 6.07) is 5.30. The first-order valence-electron chi connectivity index (χ1n) is 6.39. The van der Waals surface area contributed by atoms with Crippen LogP contribution in [0.4, 0.5) is 0 Å². The van der Waals surface area contributed by atoms with Crippen molar-refractivity contribution in [1.29, 1.82) is 0 Å². The Morgan fingerprint density at radius 1 is 1.33 bits per heavy atom. The highest BCUT2D eigenvalue weighted by molar-refractivity contribution is 9.10. The summed E-state index contributed by atoms with van der Waals surface area (Å²) in [5, 5.41) is 0. The molecular formula is C14H18BrNO2. The summed E-state index contributed by atoms with van der Waals surface area (Å²) in [5.41, 5.74) is 5.79. The lowest BCUT2D eigenvalue weighted by Crippen LogP contribution is -2.18. The van der Waals surface area contributed by atoms with Crippen molar-refractivity contribution in [3.63, 3.8) is 0 Å². The van der Waals surface area contributed by atoms with Gasteiger partial charge < -0.3 is 10.5 Å². The summed E-state index contributed by atoms with van der Waals surface area (Å²) in [5.74, 6) is 0.752. The zero-order valence-corrected chi connectivity index (χ0v) is 11.9. The van der Waals surface area contributed by atoms with Crippen LogP contribution in [0.25, 0.3) is 0 Å². The van der Waals surface area contributed by atoms with Crippen molar-refractivity contribution in [2.45, 2.75) is 32.1 Å². The Hall–Kier alpha value is -1.03. The number of carbonyl (C=O) groups is 1. The van der Waals surface area contributed by atoms with E-state index in [0.717, 1.165) is 4.47 Å². The molecule has 0 spiro atoms. The Morgan fingerprint density at radius 2 is 2.06 bits per heavy atom. The van der Waals surface area contributed by atoms with Crippen LogP contribution in [0.15, 0.2) is 22.7 Å². The predicted octanol–water partition coefficient (Wildman–Crippen LogP) is 3.51. The van der Waals surface area contributed by atoms with Gasteiger partial charge in [0, 0.05) is 4.47 Å². The second-order valence-electron chi connectivity index (χ2n) is 4.82. The zero-order chi connectivity index (χ0) is 13.0. The Labute approximate surface area is 116 Å². The van der Waals surface area contributed by atoms with Crippen LogP contribution in [-0.4, -0.2) is 12.5 Å². The number of hydrogen-bond acceptors (Lipinski definition) is 2. The minimum atomic E-state index is -0.443. The Kier molecular flexibility index (Phi) is 4.64. The molecule has 2 N–H and O–H groups in total. The van der Waals surface area contributed by atoms with E-state index in [2.05, 4.69) is 15.9 Å². The molecule has 3 nitrogen and oxygen atoms in total. The molecule has 1 saturated carbocycles. The van der Waals surface area contributed by atoms with Crippen molar-refractivity contribution in [3.05, 3.63) is 28.2 Å². The molecule has 18 heavy (non-hydrogen) atoms. The van der Waals surface area contributed by atoms with Gasteiger partial charge in [-0.2, -0.15) is 0 Å². The van der Waals surface area contributed by atoms with Crippen LogP contribution < -0.4 is 10.5 Å². The van der Waals surface area contributed by atoms with Gasteiger partial charge in [-0.3, -0.25) is 4.79 Å². The lowest BCUT2D eigenvalue weighted by atomic mass is 9.90. The molecule has 1 aromatic carbocycles. The van der Waals surface area contributed by atoms with Crippen LogP contribution in [0.1, 0.15) is 42.5 Å². The molecule has 1 amide bonds. The van der Waals surface area contributed by atoms with Crippen LogP contribution in [-0.2, 0) is 0 Å². The van der Waals surface area contributed by atoms with E-state index >= 15 is 0 Å². The summed E-state index contributed by atoms with van der Waals surface area (Å²) in [6.07, 6.45) is 6.35. The fraction of sp³-hybridized carbons (Fsp3) is 0.500. The average Bonchev–Trinajstić information content (AvgIpc) is 2.37. The molecule has 98 valence electrons. The van der Waals surface area contributed by atoms with E-state index in [1.807, 2.05) is 6.07 Å². The van der Waals surface area contributed by atoms with Crippen molar-refractivity contribution in [2.75, 3.05) is 6.61 Å². The number of hydrogen-bond donors (Lipinski definition) is 1.